The number of hydrogen-bond donors (Lipinski definition) is 5. The van der Waals surface area contributed by atoms with Crippen LogP contribution in [-0.4, -0.2) is 102 Å². The molecular formula is C8H15NaO10S. The Morgan fingerprint density at radius 3 is 1.65 bits per heavy atom. The van der Waals surface area contributed by atoms with Crippen molar-refractivity contribution in [1.82, 2.24) is 0 Å². The predicted molar refractivity (Wildman–Crippen MR) is 64.9 cm³/mol. The summed E-state index contributed by atoms with van der Waals surface area (Å²) in [5.74, 6) is -3.43. The van der Waals surface area contributed by atoms with Gasteiger partial charge in [-0.25, -0.2) is 0 Å². The molecule has 0 aromatic carbocycles. The summed E-state index contributed by atoms with van der Waals surface area (Å²) in [4.78, 5) is 20.6. The molecule has 0 heterocycles. The van der Waals surface area contributed by atoms with Crippen molar-refractivity contribution in [3.05, 3.63) is 0 Å². The molecule has 0 amide bonds. The van der Waals surface area contributed by atoms with E-state index in [4.69, 9.17) is 25.0 Å². The van der Waals surface area contributed by atoms with Crippen molar-refractivity contribution < 1.29 is 47.7 Å². The summed E-state index contributed by atoms with van der Waals surface area (Å²) in [6.07, 6.45) is -1.13. The summed E-state index contributed by atoms with van der Waals surface area (Å²) >= 11 is -0.509. The number of hydrogen-bond acceptors (Lipinski definition) is 7. The molecule has 0 spiro atoms. The molecule has 0 saturated carbocycles. The maximum atomic E-state index is 10.6. The maximum absolute atomic E-state index is 10.6. The number of carboxylic acid groups (broad SMARTS) is 2. The summed E-state index contributed by atoms with van der Waals surface area (Å²) in [6, 6.07) is 0. The van der Waals surface area contributed by atoms with Crippen LogP contribution in [0.1, 0.15) is 6.42 Å². The first-order valence-corrected chi connectivity index (χ1v) is 7.68. The van der Waals surface area contributed by atoms with Crippen LogP contribution in [0.2, 0.25) is 0 Å². The summed E-state index contributed by atoms with van der Waals surface area (Å²) < 4.78 is 31.7. The van der Waals surface area contributed by atoms with E-state index in [-0.39, 0.29) is 13.2 Å². The van der Waals surface area contributed by atoms with Gasteiger partial charge >= 0.3 is 91.2 Å². The fourth-order valence-electron chi connectivity index (χ4n) is 0.797. The molecule has 0 aliphatic carbocycles. The molecule has 0 aromatic rings. The van der Waals surface area contributed by atoms with E-state index >= 15 is 0 Å². The van der Waals surface area contributed by atoms with Gasteiger partial charge in [-0.15, -0.1) is 0 Å². The molecule has 5 N–H and O–H groups in total. The minimum atomic E-state index is -4.88. The molecule has 0 aliphatic rings. The summed E-state index contributed by atoms with van der Waals surface area (Å²) in [5, 5.41) is 32.9. The second-order valence-corrected chi connectivity index (χ2v) is 7.92. The van der Waals surface area contributed by atoms with Gasteiger partial charge in [0.05, 0.1) is 26.4 Å². The van der Waals surface area contributed by atoms with Gasteiger partial charge in [0.1, 0.15) is 0 Å². The van der Waals surface area contributed by atoms with E-state index in [2.05, 4.69) is 4.74 Å². The monoisotopic (exact) mass is 326 g/mol. The van der Waals surface area contributed by atoms with Crippen LogP contribution in [0, 0.1) is 0 Å². The molecule has 0 aliphatic heterocycles. The Morgan fingerprint density at radius 2 is 1.50 bits per heavy atom. The number of aliphatic carboxylic acids is 2. The quantitative estimate of drug-likeness (QED) is 0.179. The molecule has 0 radical (unpaired) electrons. The van der Waals surface area contributed by atoms with Crippen LogP contribution in [0.25, 0.3) is 0 Å². The van der Waals surface area contributed by atoms with Crippen molar-refractivity contribution in [3.63, 3.8) is 0 Å². The van der Waals surface area contributed by atoms with Crippen molar-refractivity contribution in [2.45, 2.75) is 8.42 Å². The fraction of sp³-hybridized carbons (Fsp3) is 0.750. The Labute approximate surface area is 132 Å². The molecule has 12 heteroatoms. The molecule has 0 bridgehead atoms. The third-order valence-corrected chi connectivity index (χ3v) is 5.77. The normalized spacial score (nSPS) is 13.8. The molecule has 1 unspecified atom stereocenters. The predicted octanol–water partition coefficient (Wildman–Crippen LogP) is -2.71. The Kier molecular flexibility index (Phi) is 11.5. The van der Waals surface area contributed by atoms with Crippen LogP contribution in [0.4, 0.5) is 0 Å². The van der Waals surface area contributed by atoms with Crippen LogP contribution < -0.4 is 0 Å². The van der Waals surface area contributed by atoms with Crippen LogP contribution in [0.15, 0.2) is 0 Å². The second kappa shape index (κ2) is 10.5. The van der Waals surface area contributed by atoms with Gasteiger partial charge in [-0.05, 0) is 0 Å². The first kappa shape index (κ1) is 22.0. The zero-order valence-corrected chi connectivity index (χ0v) is 13.5. The first-order chi connectivity index (χ1) is 9.02. The average Bonchev–Trinajstić information content (AvgIpc) is 2.28. The number of carboxylic acids is 2. The molecule has 20 heavy (non-hydrogen) atoms. The fourth-order valence-corrected chi connectivity index (χ4v) is 1.63. The Morgan fingerprint density at radius 1 is 1.10 bits per heavy atom. The molecular weight excluding hydrogens is 311 g/mol. The maximum Gasteiger partial charge on any atom is 0.0698 e. The molecule has 0 rings (SSSR count). The topological polar surface area (TPSA) is 179 Å². The van der Waals surface area contributed by atoms with Crippen LogP contribution >= 0.6 is 0 Å². The van der Waals surface area contributed by atoms with Crippen LogP contribution in [0.3, 0.4) is 0 Å². The van der Waals surface area contributed by atoms with Gasteiger partial charge in [-0.2, -0.15) is 0 Å². The molecule has 1 atom stereocenters. The van der Waals surface area contributed by atoms with Gasteiger partial charge in [-0.1, -0.05) is 0 Å². The zero-order valence-electron chi connectivity index (χ0n) is 10.7. The minimum absolute atomic E-state index is 0.0278. The van der Waals surface area contributed by atoms with E-state index in [1.54, 1.807) is 0 Å². The Bertz CT molecular complexity index is 403. The van der Waals surface area contributed by atoms with Crippen molar-refractivity contribution in [1.29, 1.82) is 0 Å². The third-order valence-electron chi connectivity index (χ3n) is 1.98. The number of aliphatic hydroxyl groups excluding tert-OH is 2. The van der Waals surface area contributed by atoms with E-state index in [0.717, 1.165) is 0 Å². The van der Waals surface area contributed by atoms with E-state index in [0.29, 0.717) is 13.2 Å². The zero-order chi connectivity index (χ0) is 16.4. The largest absolute Gasteiger partial charge is 0.394 e. The van der Waals surface area contributed by atoms with Crippen molar-refractivity contribution in [3.8, 4) is 0 Å². The van der Waals surface area contributed by atoms with Crippen molar-refractivity contribution in [2.24, 2.45) is 0 Å². The van der Waals surface area contributed by atoms with E-state index in [9.17, 15) is 18.0 Å². The summed E-state index contributed by atoms with van der Waals surface area (Å²) in [7, 11) is -4.88. The van der Waals surface area contributed by atoms with Gasteiger partial charge < -0.3 is 14.9 Å². The van der Waals surface area contributed by atoms with Crippen LogP contribution in [-0.2, 0) is 24.4 Å². The molecule has 10 nitrogen and oxygen atoms in total. The smallest absolute Gasteiger partial charge is 0.0698 e. The minimum Gasteiger partial charge on any atom is -0.394 e. The third kappa shape index (κ3) is 8.81. The van der Waals surface area contributed by atoms with E-state index < -0.39 is 58.4 Å². The molecule has 0 saturated heterocycles. The Balaban J connectivity index is 0. The number of rotatable bonds is 8. The summed E-state index contributed by atoms with van der Waals surface area (Å²) in [5.41, 5.74) is 0. The van der Waals surface area contributed by atoms with Gasteiger partial charge in [0.25, 0.3) is 0 Å². The van der Waals surface area contributed by atoms with Crippen molar-refractivity contribution in [2.75, 3.05) is 26.4 Å². The standard InChI is InChI=1S/C4H5O7S.C4H10O3.Na/c5-3(6)1-2(4(7)8)12(9,10)11;5-1-3-7-4-2-6;/h1H2,(H,5,6)(H,7,8)(H,9,10,11);5-6H,1-4H2;. The van der Waals surface area contributed by atoms with Gasteiger partial charge in [-0.3, -0.25) is 0 Å². The summed E-state index contributed by atoms with van der Waals surface area (Å²) in [6.45, 7) is 0.696. The number of ether oxygens (including phenoxy) is 1. The van der Waals surface area contributed by atoms with E-state index in [1.807, 2.05) is 0 Å². The van der Waals surface area contributed by atoms with Gasteiger partial charge in [0, 0.05) is 0 Å². The van der Waals surface area contributed by atoms with Gasteiger partial charge in [0.15, 0.2) is 0 Å². The molecule has 114 valence electrons. The van der Waals surface area contributed by atoms with Crippen molar-refractivity contribution >= 4 is 50.0 Å². The average molecular weight is 326 g/mol. The SMILES string of the molecule is O=C(O)C[C]([Na])(C(=O)O)S(=O)(=O)O.OCCOCCO. The van der Waals surface area contributed by atoms with Crippen LogP contribution in [0.5, 0.6) is 0 Å². The second-order valence-electron chi connectivity index (χ2n) is 3.64. The Hall–Kier alpha value is -0.270. The number of aliphatic hydroxyl groups is 2. The molecule has 0 aromatic heterocycles. The first-order valence-electron chi connectivity index (χ1n) is 5.24. The number of carbonyl (C=O) groups is 2. The van der Waals surface area contributed by atoms with Gasteiger partial charge in [0.2, 0.25) is 0 Å². The molecule has 0 fully saturated rings. The van der Waals surface area contributed by atoms with E-state index in [1.165, 1.54) is 0 Å².